The summed E-state index contributed by atoms with van der Waals surface area (Å²) >= 11 is 0. The van der Waals surface area contributed by atoms with Crippen LogP contribution in [0.5, 0.6) is 0 Å². The van der Waals surface area contributed by atoms with Crippen LogP contribution in [0.25, 0.3) is 0 Å². The molecule has 0 bridgehead atoms. The molecule has 94 valence electrons. The van der Waals surface area contributed by atoms with Crippen molar-refractivity contribution in [2.24, 2.45) is 5.41 Å². The van der Waals surface area contributed by atoms with Crippen molar-refractivity contribution < 1.29 is 4.79 Å². The van der Waals surface area contributed by atoms with Gasteiger partial charge in [0.15, 0.2) is 0 Å². The molecule has 0 aromatic rings. The van der Waals surface area contributed by atoms with Crippen LogP contribution < -0.4 is 5.32 Å². The number of hydrogen-bond donors (Lipinski definition) is 1. The largest absolute Gasteiger partial charge is 0.354 e. The molecule has 1 rings (SSSR count). The maximum Gasteiger partial charge on any atom is 0.217 e. The van der Waals surface area contributed by atoms with Crippen LogP contribution in [-0.4, -0.2) is 11.9 Å². The molecule has 0 saturated heterocycles. The highest BCUT2D eigenvalue weighted by Crippen LogP contribution is 2.43. The normalized spacial score (nSPS) is 24.1. The first kappa shape index (κ1) is 13.5. The van der Waals surface area contributed by atoms with Crippen molar-refractivity contribution in [2.75, 3.05) is 0 Å². The van der Waals surface area contributed by atoms with Gasteiger partial charge < -0.3 is 5.32 Å². The van der Waals surface area contributed by atoms with Gasteiger partial charge in [0.1, 0.15) is 0 Å². The van der Waals surface area contributed by atoms with E-state index >= 15 is 0 Å². The van der Waals surface area contributed by atoms with Gasteiger partial charge in [-0.05, 0) is 37.5 Å². The SMILES string of the molecule is CCCC1(CCC)CCCC(NC(C)=O)C1. The molecule has 0 aromatic heterocycles. The molecule has 1 saturated carbocycles. The summed E-state index contributed by atoms with van der Waals surface area (Å²) in [4.78, 5) is 11.1. The van der Waals surface area contributed by atoms with Crippen LogP contribution in [-0.2, 0) is 4.79 Å². The zero-order valence-electron chi connectivity index (χ0n) is 11.1. The summed E-state index contributed by atoms with van der Waals surface area (Å²) in [5, 5.41) is 3.11. The molecule has 1 amide bonds. The summed E-state index contributed by atoms with van der Waals surface area (Å²) in [7, 11) is 0. The topological polar surface area (TPSA) is 29.1 Å². The molecule has 1 N–H and O–H groups in total. The minimum absolute atomic E-state index is 0.133. The lowest BCUT2D eigenvalue weighted by Gasteiger charge is -2.41. The van der Waals surface area contributed by atoms with Crippen molar-refractivity contribution in [1.82, 2.24) is 5.32 Å². The van der Waals surface area contributed by atoms with Gasteiger partial charge in [-0.1, -0.05) is 33.1 Å². The van der Waals surface area contributed by atoms with Crippen molar-refractivity contribution in [3.05, 3.63) is 0 Å². The molecular formula is C14H27NO. The quantitative estimate of drug-likeness (QED) is 0.760. The Bertz CT molecular complexity index is 213. The number of hydrogen-bond acceptors (Lipinski definition) is 1. The first-order valence-electron chi connectivity index (χ1n) is 6.89. The van der Waals surface area contributed by atoms with Crippen LogP contribution in [0.2, 0.25) is 0 Å². The highest BCUT2D eigenvalue weighted by molar-refractivity contribution is 5.73. The molecule has 16 heavy (non-hydrogen) atoms. The van der Waals surface area contributed by atoms with E-state index in [9.17, 15) is 4.79 Å². The molecule has 0 heterocycles. The Kier molecular flexibility index (Phi) is 5.30. The number of carbonyl (C=O) groups excluding carboxylic acids is 1. The smallest absolute Gasteiger partial charge is 0.217 e. The van der Waals surface area contributed by atoms with Crippen LogP contribution in [0.1, 0.15) is 72.1 Å². The van der Waals surface area contributed by atoms with Crippen molar-refractivity contribution in [1.29, 1.82) is 0 Å². The Morgan fingerprint density at radius 1 is 1.31 bits per heavy atom. The third kappa shape index (κ3) is 3.80. The van der Waals surface area contributed by atoms with Gasteiger partial charge in [0.05, 0.1) is 0 Å². The van der Waals surface area contributed by atoms with E-state index in [4.69, 9.17) is 0 Å². The van der Waals surface area contributed by atoms with Gasteiger partial charge in [0.2, 0.25) is 5.91 Å². The number of rotatable bonds is 5. The lowest BCUT2D eigenvalue weighted by molar-refractivity contribution is -0.120. The molecule has 0 aromatic carbocycles. The van der Waals surface area contributed by atoms with E-state index in [1.54, 1.807) is 6.92 Å². The summed E-state index contributed by atoms with van der Waals surface area (Å²) in [5.41, 5.74) is 0.523. The van der Waals surface area contributed by atoms with Crippen LogP contribution in [0, 0.1) is 5.41 Å². The maximum atomic E-state index is 11.1. The monoisotopic (exact) mass is 225 g/mol. The number of carbonyl (C=O) groups is 1. The zero-order valence-corrected chi connectivity index (χ0v) is 11.1. The van der Waals surface area contributed by atoms with Gasteiger partial charge in [-0.2, -0.15) is 0 Å². The standard InChI is InChI=1S/C14H27NO/c1-4-8-14(9-5-2)10-6-7-13(11-14)15-12(3)16/h13H,4-11H2,1-3H3,(H,15,16). The number of nitrogens with one attached hydrogen (secondary N) is 1. The predicted octanol–water partition coefficient (Wildman–Crippen LogP) is 3.65. The van der Waals surface area contributed by atoms with Crippen LogP contribution in [0.4, 0.5) is 0 Å². The van der Waals surface area contributed by atoms with Gasteiger partial charge in [-0.3, -0.25) is 4.79 Å². The zero-order chi connectivity index (χ0) is 12.0. The molecule has 0 aliphatic heterocycles. The lowest BCUT2D eigenvalue weighted by Crippen LogP contribution is -2.41. The molecule has 2 nitrogen and oxygen atoms in total. The van der Waals surface area contributed by atoms with Gasteiger partial charge in [0, 0.05) is 13.0 Å². The molecule has 1 unspecified atom stereocenters. The fraction of sp³-hybridized carbons (Fsp3) is 0.929. The summed E-state index contributed by atoms with van der Waals surface area (Å²) in [6.07, 6.45) is 10.2. The van der Waals surface area contributed by atoms with Crippen molar-refractivity contribution >= 4 is 5.91 Å². The van der Waals surface area contributed by atoms with Crippen LogP contribution in [0.15, 0.2) is 0 Å². The minimum atomic E-state index is 0.133. The molecule has 1 aliphatic carbocycles. The first-order chi connectivity index (χ1) is 7.62. The third-order valence-electron chi connectivity index (χ3n) is 3.91. The first-order valence-corrected chi connectivity index (χ1v) is 6.89. The highest BCUT2D eigenvalue weighted by atomic mass is 16.1. The van der Waals surface area contributed by atoms with E-state index in [0.717, 1.165) is 0 Å². The molecular weight excluding hydrogens is 198 g/mol. The summed E-state index contributed by atoms with van der Waals surface area (Å²) in [6, 6.07) is 0.435. The van der Waals surface area contributed by atoms with Crippen molar-refractivity contribution in [3.8, 4) is 0 Å². The molecule has 1 aliphatic rings. The highest BCUT2D eigenvalue weighted by Gasteiger charge is 2.34. The fourth-order valence-electron chi connectivity index (χ4n) is 3.50. The summed E-state index contributed by atoms with van der Waals surface area (Å²) in [5.74, 6) is 0.133. The van der Waals surface area contributed by atoms with E-state index in [1.165, 1.54) is 51.4 Å². The second kappa shape index (κ2) is 6.27. The predicted molar refractivity (Wildman–Crippen MR) is 68.3 cm³/mol. The van der Waals surface area contributed by atoms with Crippen molar-refractivity contribution in [3.63, 3.8) is 0 Å². The van der Waals surface area contributed by atoms with Crippen molar-refractivity contribution in [2.45, 2.75) is 78.2 Å². The minimum Gasteiger partial charge on any atom is -0.354 e. The van der Waals surface area contributed by atoms with Gasteiger partial charge >= 0.3 is 0 Å². The Morgan fingerprint density at radius 3 is 2.44 bits per heavy atom. The second-order valence-electron chi connectivity index (χ2n) is 5.49. The molecule has 2 heteroatoms. The van der Waals surface area contributed by atoms with E-state index < -0.39 is 0 Å². The Hall–Kier alpha value is -0.530. The van der Waals surface area contributed by atoms with E-state index in [0.29, 0.717) is 11.5 Å². The Morgan fingerprint density at radius 2 is 1.94 bits per heavy atom. The van der Waals surface area contributed by atoms with Gasteiger partial charge in [-0.25, -0.2) is 0 Å². The van der Waals surface area contributed by atoms with Gasteiger partial charge in [-0.15, -0.1) is 0 Å². The molecule has 1 atom stereocenters. The van der Waals surface area contributed by atoms with E-state index in [2.05, 4.69) is 19.2 Å². The summed E-state index contributed by atoms with van der Waals surface area (Å²) < 4.78 is 0. The van der Waals surface area contributed by atoms with E-state index in [-0.39, 0.29) is 5.91 Å². The number of amides is 1. The summed E-state index contributed by atoms with van der Waals surface area (Å²) in [6.45, 7) is 6.19. The molecule has 0 radical (unpaired) electrons. The molecule has 1 fully saturated rings. The average Bonchev–Trinajstić information content (AvgIpc) is 2.17. The fourth-order valence-corrected chi connectivity index (χ4v) is 3.50. The third-order valence-corrected chi connectivity index (χ3v) is 3.91. The Labute approximate surface area is 100 Å². The van der Waals surface area contributed by atoms with E-state index in [1.807, 2.05) is 0 Å². The average molecular weight is 225 g/mol. The Balaban J connectivity index is 2.59. The lowest BCUT2D eigenvalue weighted by atomic mass is 9.67. The van der Waals surface area contributed by atoms with Crippen LogP contribution >= 0.6 is 0 Å². The van der Waals surface area contributed by atoms with Crippen LogP contribution in [0.3, 0.4) is 0 Å². The maximum absolute atomic E-state index is 11.1. The second-order valence-corrected chi connectivity index (χ2v) is 5.49. The molecule has 0 spiro atoms. The van der Waals surface area contributed by atoms with Gasteiger partial charge in [0.25, 0.3) is 0 Å².